The second-order valence-corrected chi connectivity index (χ2v) is 3.48. The van der Waals surface area contributed by atoms with Gasteiger partial charge >= 0.3 is 0 Å². The quantitative estimate of drug-likeness (QED) is 0.641. The fourth-order valence-electron chi connectivity index (χ4n) is 1.51. The highest BCUT2D eigenvalue weighted by atomic mass is 14.8. The van der Waals surface area contributed by atoms with Gasteiger partial charge in [0.1, 0.15) is 5.84 Å². The predicted molar refractivity (Wildman–Crippen MR) is 60.6 cm³/mol. The molecule has 0 aliphatic carbocycles. The zero-order chi connectivity index (χ0) is 10.7. The number of amidine groups is 1. The van der Waals surface area contributed by atoms with E-state index in [-0.39, 0.29) is 5.92 Å². The van der Waals surface area contributed by atoms with E-state index in [9.17, 15) is 0 Å². The minimum atomic E-state index is 0.288. The van der Waals surface area contributed by atoms with Crippen LogP contribution in [0.4, 0.5) is 0 Å². The van der Waals surface area contributed by atoms with Gasteiger partial charge in [-0.25, -0.2) is 4.99 Å². The van der Waals surface area contributed by atoms with E-state index in [4.69, 9.17) is 11.1 Å². The molecule has 0 fully saturated rings. The van der Waals surface area contributed by atoms with Gasteiger partial charge in [0.2, 0.25) is 0 Å². The summed E-state index contributed by atoms with van der Waals surface area (Å²) in [6.45, 7) is 8.04. The Labute approximate surface area is 84.2 Å². The van der Waals surface area contributed by atoms with Crippen molar-refractivity contribution in [3.63, 3.8) is 0 Å². The Bertz CT molecular complexity index is 357. The first-order valence-corrected chi connectivity index (χ1v) is 4.52. The summed E-state index contributed by atoms with van der Waals surface area (Å²) in [7, 11) is 0. The maximum atomic E-state index is 7.33. The molecule has 0 atom stereocenters. The zero-order valence-electron chi connectivity index (χ0n) is 8.54. The van der Waals surface area contributed by atoms with Gasteiger partial charge in [-0.2, -0.15) is 0 Å². The fraction of sp³-hybridized carbons (Fsp3) is 0.273. The molecule has 1 rings (SSSR count). The second kappa shape index (κ2) is 4.05. The van der Waals surface area contributed by atoms with Crippen molar-refractivity contribution in [2.75, 3.05) is 0 Å². The molecule has 0 aromatic rings. The minimum absolute atomic E-state index is 0.288. The van der Waals surface area contributed by atoms with Gasteiger partial charge in [0, 0.05) is 18.0 Å². The van der Waals surface area contributed by atoms with Crippen LogP contribution >= 0.6 is 0 Å². The summed E-state index contributed by atoms with van der Waals surface area (Å²) in [5.74, 6) is 0.675. The Morgan fingerprint density at radius 1 is 1.57 bits per heavy atom. The van der Waals surface area contributed by atoms with Crippen molar-refractivity contribution in [1.29, 1.82) is 5.41 Å². The van der Waals surface area contributed by atoms with E-state index < -0.39 is 0 Å². The van der Waals surface area contributed by atoms with Crippen molar-refractivity contribution in [1.82, 2.24) is 0 Å². The molecule has 1 heterocycles. The second-order valence-electron chi connectivity index (χ2n) is 3.48. The van der Waals surface area contributed by atoms with Gasteiger partial charge in [-0.1, -0.05) is 20.4 Å². The molecule has 0 spiro atoms. The normalized spacial score (nSPS) is 17.1. The topological polar surface area (TPSA) is 62.2 Å². The van der Waals surface area contributed by atoms with E-state index in [1.807, 2.05) is 6.08 Å². The Kier molecular flexibility index (Phi) is 3.02. The molecule has 1 aliphatic rings. The molecule has 3 nitrogen and oxygen atoms in total. The molecule has 0 radical (unpaired) electrons. The number of allylic oxidation sites excluding steroid dienone is 3. The maximum absolute atomic E-state index is 7.33. The lowest BCUT2D eigenvalue weighted by atomic mass is 9.91. The molecule has 0 aromatic carbocycles. The van der Waals surface area contributed by atoms with E-state index in [0.29, 0.717) is 11.4 Å². The molecule has 0 aromatic heterocycles. The number of nitrogens with two attached hydrogens (primary N) is 1. The largest absolute Gasteiger partial charge is 0.383 e. The lowest BCUT2D eigenvalue weighted by molar-refractivity contribution is 0.782. The van der Waals surface area contributed by atoms with Crippen LogP contribution < -0.4 is 5.73 Å². The summed E-state index contributed by atoms with van der Waals surface area (Å²) in [5.41, 5.74) is 8.28. The van der Waals surface area contributed by atoms with Crippen LogP contribution in [-0.2, 0) is 0 Å². The van der Waals surface area contributed by atoms with Crippen molar-refractivity contribution in [3.8, 4) is 0 Å². The standard InChI is InChI=1S/C11H15N3/c1-7(2)10-8(3)4-5-14-11(13)9(10)6-12/h4-7,12H,3H2,1-2H3,(H2,13,14). The van der Waals surface area contributed by atoms with Crippen LogP contribution in [0.5, 0.6) is 0 Å². The van der Waals surface area contributed by atoms with Crippen LogP contribution in [0.15, 0.2) is 40.6 Å². The van der Waals surface area contributed by atoms with Gasteiger partial charge in [-0.3, -0.25) is 0 Å². The van der Waals surface area contributed by atoms with Gasteiger partial charge in [0.15, 0.2) is 0 Å². The predicted octanol–water partition coefficient (Wildman–Crippen LogP) is 2.03. The molecular weight excluding hydrogens is 174 g/mol. The van der Waals surface area contributed by atoms with Crippen LogP contribution in [-0.4, -0.2) is 12.1 Å². The van der Waals surface area contributed by atoms with Crippen LogP contribution in [0.25, 0.3) is 0 Å². The number of nitrogens with zero attached hydrogens (tertiary/aromatic N) is 1. The Hall–Kier alpha value is -1.64. The molecule has 0 saturated heterocycles. The summed E-state index contributed by atoms with van der Waals surface area (Å²) in [4.78, 5) is 4.00. The van der Waals surface area contributed by atoms with Crippen molar-refractivity contribution < 1.29 is 0 Å². The Morgan fingerprint density at radius 3 is 2.71 bits per heavy atom. The first-order chi connectivity index (χ1) is 6.57. The smallest absolute Gasteiger partial charge is 0.132 e. The molecule has 3 heteroatoms. The van der Waals surface area contributed by atoms with Crippen LogP contribution in [0, 0.1) is 11.3 Å². The zero-order valence-corrected chi connectivity index (χ0v) is 8.54. The number of aliphatic imine (C=N–C) groups is 1. The molecule has 0 bridgehead atoms. The number of hydrogen-bond acceptors (Lipinski definition) is 3. The third kappa shape index (κ3) is 1.82. The Morgan fingerprint density at radius 2 is 2.21 bits per heavy atom. The van der Waals surface area contributed by atoms with E-state index in [1.54, 1.807) is 6.20 Å². The number of nitrogens with one attached hydrogen (secondary N) is 1. The molecule has 3 N–H and O–H groups in total. The van der Waals surface area contributed by atoms with Gasteiger partial charge in [-0.05, 0) is 23.1 Å². The summed E-state index contributed by atoms with van der Waals surface area (Å²) in [6.07, 6.45) is 4.68. The molecule has 1 aliphatic heterocycles. The average Bonchev–Trinajstić information content (AvgIpc) is 2.24. The maximum Gasteiger partial charge on any atom is 0.132 e. The fourth-order valence-corrected chi connectivity index (χ4v) is 1.51. The monoisotopic (exact) mass is 189 g/mol. The van der Waals surface area contributed by atoms with Crippen LogP contribution in [0.3, 0.4) is 0 Å². The van der Waals surface area contributed by atoms with Crippen molar-refractivity contribution in [3.05, 3.63) is 35.6 Å². The van der Waals surface area contributed by atoms with Gasteiger partial charge in [0.05, 0.1) is 0 Å². The Balaban J connectivity index is 3.36. The number of rotatable bonds is 2. The molecule has 74 valence electrons. The SMILES string of the molecule is C=C1C=CN=C(N)C(C=N)=C1C(C)C. The lowest BCUT2D eigenvalue weighted by Gasteiger charge is -2.14. The summed E-state index contributed by atoms with van der Waals surface area (Å²) >= 11 is 0. The van der Waals surface area contributed by atoms with Crippen molar-refractivity contribution in [2.45, 2.75) is 13.8 Å². The minimum Gasteiger partial charge on any atom is -0.383 e. The van der Waals surface area contributed by atoms with Crippen molar-refractivity contribution in [2.24, 2.45) is 16.6 Å². The van der Waals surface area contributed by atoms with Gasteiger partial charge < -0.3 is 11.1 Å². The van der Waals surface area contributed by atoms with Crippen molar-refractivity contribution >= 4 is 12.1 Å². The number of hydrogen-bond donors (Lipinski definition) is 2. The third-order valence-electron chi connectivity index (χ3n) is 2.12. The molecule has 14 heavy (non-hydrogen) atoms. The van der Waals surface area contributed by atoms with Gasteiger partial charge in [0.25, 0.3) is 0 Å². The van der Waals surface area contributed by atoms with E-state index in [1.165, 1.54) is 6.21 Å². The summed E-state index contributed by atoms with van der Waals surface area (Å²) in [6, 6.07) is 0. The lowest BCUT2D eigenvalue weighted by Crippen LogP contribution is -2.18. The summed E-state index contributed by atoms with van der Waals surface area (Å²) < 4.78 is 0. The molecule has 0 unspecified atom stereocenters. The summed E-state index contributed by atoms with van der Waals surface area (Å²) in [5, 5.41) is 7.33. The van der Waals surface area contributed by atoms with Crippen LogP contribution in [0.1, 0.15) is 13.8 Å². The highest BCUT2D eigenvalue weighted by Crippen LogP contribution is 2.24. The first kappa shape index (κ1) is 10.4. The van der Waals surface area contributed by atoms with E-state index >= 15 is 0 Å². The first-order valence-electron chi connectivity index (χ1n) is 4.52. The highest BCUT2D eigenvalue weighted by molar-refractivity contribution is 6.15. The van der Waals surface area contributed by atoms with Crippen LogP contribution in [0.2, 0.25) is 0 Å². The molecule has 0 saturated carbocycles. The molecular formula is C11H15N3. The third-order valence-corrected chi connectivity index (χ3v) is 2.12. The van der Waals surface area contributed by atoms with E-state index in [0.717, 1.165) is 11.1 Å². The highest BCUT2D eigenvalue weighted by Gasteiger charge is 2.15. The average molecular weight is 189 g/mol. The van der Waals surface area contributed by atoms with Gasteiger partial charge in [-0.15, -0.1) is 0 Å². The van der Waals surface area contributed by atoms with E-state index in [2.05, 4.69) is 25.4 Å². The molecule has 0 amide bonds.